The van der Waals surface area contributed by atoms with E-state index < -0.39 is 0 Å². The lowest BCUT2D eigenvalue weighted by molar-refractivity contribution is 0.317. The number of ether oxygens (including phenoxy) is 1. The zero-order valence-corrected chi connectivity index (χ0v) is 11.6. The highest BCUT2D eigenvalue weighted by Crippen LogP contribution is 2.19. The number of hydrogen-bond acceptors (Lipinski definition) is 2. The predicted molar refractivity (Wildman–Crippen MR) is 74.5 cm³/mol. The zero-order chi connectivity index (χ0) is 14.5. The molecule has 0 saturated heterocycles. The van der Waals surface area contributed by atoms with E-state index in [4.69, 9.17) is 4.74 Å². The Kier molecular flexibility index (Phi) is 4.69. The molecule has 0 aliphatic carbocycles. The summed E-state index contributed by atoms with van der Waals surface area (Å²) < 4.78 is 31.3. The first-order valence-electron chi connectivity index (χ1n) is 6.34. The molecule has 2 aromatic rings. The van der Waals surface area contributed by atoms with E-state index in [0.717, 1.165) is 11.1 Å². The number of methoxy groups -OCH3 is 1. The highest BCUT2D eigenvalue weighted by atomic mass is 19.1. The van der Waals surface area contributed by atoms with Gasteiger partial charge in [0.15, 0.2) is 11.6 Å². The van der Waals surface area contributed by atoms with Crippen LogP contribution in [0.5, 0.6) is 5.75 Å². The van der Waals surface area contributed by atoms with Crippen molar-refractivity contribution in [2.75, 3.05) is 14.2 Å². The number of halogens is 2. The van der Waals surface area contributed by atoms with Crippen LogP contribution in [0.3, 0.4) is 0 Å². The van der Waals surface area contributed by atoms with E-state index >= 15 is 0 Å². The first-order valence-corrected chi connectivity index (χ1v) is 6.34. The summed E-state index contributed by atoms with van der Waals surface area (Å²) in [5, 5.41) is 0. The minimum atomic E-state index is -0.361. The molecule has 0 bridgehead atoms. The van der Waals surface area contributed by atoms with Crippen molar-refractivity contribution in [2.45, 2.75) is 13.1 Å². The van der Waals surface area contributed by atoms with Gasteiger partial charge in [-0.2, -0.15) is 0 Å². The van der Waals surface area contributed by atoms with E-state index in [9.17, 15) is 8.78 Å². The van der Waals surface area contributed by atoms with Gasteiger partial charge in [0, 0.05) is 13.1 Å². The lowest BCUT2D eigenvalue weighted by Gasteiger charge is -2.17. The second-order valence-electron chi connectivity index (χ2n) is 4.77. The summed E-state index contributed by atoms with van der Waals surface area (Å²) in [6, 6.07) is 11.3. The van der Waals surface area contributed by atoms with Crippen LogP contribution in [-0.2, 0) is 13.1 Å². The molecular weight excluding hydrogens is 260 g/mol. The molecule has 0 atom stereocenters. The molecule has 0 aliphatic rings. The van der Waals surface area contributed by atoms with Crippen LogP contribution in [0.2, 0.25) is 0 Å². The molecule has 0 spiro atoms. The van der Waals surface area contributed by atoms with Crippen molar-refractivity contribution in [3.63, 3.8) is 0 Å². The Morgan fingerprint density at radius 3 is 2.15 bits per heavy atom. The van der Waals surface area contributed by atoms with Gasteiger partial charge in [-0.1, -0.05) is 18.2 Å². The van der Waals surface area contributed by atoms with Crippen molar-refractivity contribution in [3.8, 4) is 5.75 Å². The Bertz CT molecular complexity index is 569. The Balaban J connectivity index is 1.99. The van der Waals surface area contributed by atoms with Crippen LogP contribution >= 0.6 is 0 Å². The lowest BCUT2D eigenvalue weighted by atomic mass is 10.1. The molecule has 106 valence electrons. The number of benzene rings is 2. The van der Waals surface area contributed by atoms with Crippen LogP contribution in [0.4, 0.5) is 8.78 Å². The molecule has 0 saturated carbocycles. The van der Waals surface area contributed by atoms with E-state index in [1.807, 2.05) is 18.0 Å². The fraction of sp³-hybridized carbons (Fsp3) is 0.250. The summed E-state index contributed by atoms with van der Waals surface area (Å²) in [5.41, 5.74) is 1.88. The van der Waals surface area contributed by atoms with Gasteiger partial charge in [-0.25, -0.2) is 8.78 Å². The van der Waals surface area contributed by atoms with Gasteiger partial charge in [-0.3, -0.25) is 4.90 Å². The Morgan fingerprint density at radius 2 is 1.55 bits per heavy atom. The molecule has 0 aliphatic heterocycles. The van der Waals surface area contributed by atoms with E-state index in [-0.39, 0.29) is 17.4 Å². The van der Waals surface area contributed by atoms with Crippen LogP contribution < -0.4 is 4.74 Å². The zero-order valence-electron chi connectivity index (χ0n) is 11.6. The minimum Gasteiger partial charge on any atom is -0.494 e. The Labute approximate surface area is 117 Å². The number of nitrogens with zero attached hydrogens (tertiary/aromatic N) is 1. The van der Waals surface area contributed by atoms with Gasteiger partial charge in [0.2, 0.25) is 0 Å². The molecule has 20 heavy (non-hydrogen) atoms. The largest absolute Gasteiger partial charge is 0.494 e. The van der Waals surface area contributed by atoms with Crippen LogP contribution in [0.25, 0.3) is 0 Å². The number of hydrogen-bond donors (Lipinski definition) is 0. The third-order valence-corrected chi connectivity index (χ3v) is 3.03. The molecule has 0 radical (unpaired) electrons. The van der Waals surface area contributed by atoms with Crippen molar-refractivity contribution in [1.82, 2.24) is 4.90 Å². The average Bonchev–Trinajstić information content (AvgIpc) is 2.41. The van der Waals surface area contributed by atoms with Crippen LogP contribution in [0, 0.1) is 11.6 Å². The summed E-state index contributed by atoms with van der Waals surface area (Å²) in [6.07, 6.45) is 0. The van der Waals surface area contributed by atoms with Crippen molar-refractivity contribution in [3.05, 3.63) is 65.2 Å². The van der Waals surface area contributed by atoms with Gasteiger partial charge in [0.1, 0.15) is 5.82 Å². The monoisotopic (exact) mass is 277 g/mol. The van der Waals surface area contributed by atoms with E-state index in [0.29, 0.717) is 13.1 Å². The topological polar surface area (TPSA) is 12.5 Å². The highest BCUT2D eigenvalue weighted by Gasteiger charge is 2.06. The van der Waals surface area contributed by atoms with Gasteiger partial charge in [0.25, 0.3) is 0 Å². The van der Waals surface area contributed by atoms with Crippen molar-refractivity contribution < 1.29 is 13.5 Å². The Hall–Kier alpha value is -1.94. The molecule has 4 heteroatoms. The van der Waals surface area contributed by atoms with Gasteiger partial charge < -0.3 is 4.74 Å². The second kappa shape index (κ2) is 6.48. The second-order valence-corrected chi connectivity index (χ2v) is 4.77. The quantitative estimate of drug-likeness (QED) is 0.828. The standard InChI is InChI=1S/C16H17F2NO/c1-19(10-12-3-6-14(17)7-4-12)11-13-5-8-16(20-2)15(18)9-13/h3-9H,10-11H2,1-2H3. The lowest BCUT2D eigenvalue weighted by Crippen LogP contribution is -2.17. The maximum Gasteiger partial charge on any atom is 0.165 e. The molecule has 2 aromatic carbocycles. The molecule has 0 N–H and O–H groups in total. The Morgan fingerprint density at radius 1 is 0.950 bits per heavy atom. The van der Waals surface area contributed by atoms with Gasteiger partial charge in [-0.15, -0.1) is 0 Å². The van der Waals surface area contributed by atoms with Crippen molar-refractivity contribution in [2.24, 2.45) is 0 Å². The fourth-order valence-corrected chi connectivity index (χ4v) is 2.08. The minimum absolute atomic E-state index is 0.242. The molecular formula is C16H17F2NO. The molecule has 0 fully saturated rings. The highest BCUT2D eigenvalue weighted by molar-refractivity contribution is 5.29. The van der Waals surface area contributed by atoms with E-state index in [1.165, 1.54) is 25.3 Å². The maximum absolute atomic E-state index is 13.6. The summed E-state index contributed by atoms with van der Waals surface area (Å²) >= 11 is 0. The fourth-order valence-electron chi connectivity index (χ4n) is 2.08. The molecule has 0 amide bonds. The molecule has 0 heterocycles. The molecule has 0 unspecified atom stereocenters. The summed E-state index contributed by atoms with van der Waals surface area (Å²) in [5.74, 6) is -0.358. The SMILES string of the molecule is COc1ccc(CN(C)Cc2ccc(F)cc2)cc1F. The number of rotatable bonds is 5. The third kappa shape index (κ3) is 3.78. The average molecular weight is 277 g/mol. The van der Waals surface area contributed by atoms with E-state index in [2.05, 4.69) is 0 Å². The first kappa shape index (κ1) is 14.5. The third-order valence-electron chi connectivity index (χ3n) is 3.03. The van der Waals surface area contributed by atoms with E-state index in [1.54, 1.807) is 18.2 Å². The van der Waals surface area contributed by atoms with Crippen LogP contribution in [-0.4, -0.2) is 19.1 Å². The maximum atomic E-state index is 13.6. The van der Waals surface area contributed by atoms with Crippen molar-refractivity contribution >= 4 is 0 Å². The van der Waals surface area contributed by atoms with Gasteiger partial charge in [-0.05, 0) is 42.4 Å². The van der Waals surface area contributed by atoms with Crippen molar-refractivity contribution in [1.29, 1.82) is 0 Å². The summed E-state index contributed by atoms with van der Waals surface area (Å²) in [6.45, 7) is 1.28. The summed E-state index contributed by atoms with van der Waals surface area (Å²) in [7, 11) is 3.38. The molecule has 0 aromatic heterocycles. The predicted octanol–water partition coefficient (Wildman–Crippen LogP) is 3.61. The van der Waals surface area contributed by atoms with Crippen LogP contribution in [0.1, 0.15) is 11.1 Å². The van der Waals surface area contributed by atoms with Gasteiger partial charge >= 0.3 is 0 Å². The normalized spacial score (nSPS) is 10.8. The van der Waals surface area contributed by atoms with Gasteiger partial charge in [0.05, 0.1) is 7.11 Å². The molecule has 2 rings (SSSR count). The van der Waals surface area contributed by atoms with Crippen LogP contribution in [0.15, 0.2) is 42.5 Å². The summed E-state index contributed by atoms with van der Waals surface area (Å²) in [4.78, 5) is 2.04. The molecule has 2 nitrogen and oxygen atoms in total. The smallest absolute Gasteiger partial charge is 0.165 e. The first-order chi connectivity index (χ1) is 9.58.